The van der Waals surface area contributed by atoms with Crippen LogP contribution in [-0.2, 0) is 4.79 Å². The van der Waals surface area contributed by atoms with Crippen LogP contribution in [0.4, 0.5) is 0 Å². The van der Waals surface area contributed by atoms with Crippen LogP contribution in [0.2, 0.25) is 0 Å². The van der Waals surface area contributed by atoms with Crippen LogP contribution in [0, 0.1) is 11.8 Å². The summed E-state index contributed by atoms with van der Waals surface area (Å²) in [6.07, 6.45) is 6.87. The van der Waals surface area contributed by atoms with Gasteiger partial charge in [0.15, 0.2) is 0 Å². The van der Waals surface area contributed by atoms with Crippen molar-refractivity contribution in [3.05, 3.63) is 0 Å². The molecule has 1 amide bonds. The highest BCUT2D eigenvalue weighted by Gasteiger charge is 2.21. The summed E-state index contributed by atoms with van der Waals surface area (Å²) in [7, 11) is 0. The fraction of sp³-hybridized carbons (Fsp3) is 0.929. The van der Waals surface area contributed by atoms with Gasteiger partial charge in [-0.1, -0.05) is 6.92 Å². The molecule has 1 N–H and O–H groups in total. The summed E-state index contributed by atoms with van der Waals surface area (Å²) < 4.78 is 0. The normalized spacial score (nSPS) is 31.4. The van der Waals surface area contributed by atoms with E-state index in [1.54, 1.807) is 0 Å². The van der Waals surface area contributed by atoms with Gasteiger partial charge in [-0.2, -0.15) is 0 Å². The minimum atomic E-state index is 0.387. The first-order valence-electron chi connectivity index (χ1n) is 7.24. The van der Waals surface area contributed by atoms with Crippen LogP contribution in [0.1, 0.15) is 45.4 Å². The predicted molar refractivity (Wildman–Crippen MR) is 69.8 cm³/mol. The lowest BCUT2D eigenvalue weighted by atomic mass is 9.96. The van der Waals surface area contributed by atoms with E-state index in [1.807, 2.05) is 0 Å². The van der Waals surface area contributed by atoms with Crippen LogP contribution < -0.4 is 5.32 Å². The Kier molecular flexibility index (Phi) is 4.84. The van der Waals surface area contributed by atoms with E-state index in [4.69, 9.17) is 0 Å². The Hall–Kier alpha value is -0.570. The van der Waals surface area contributed by atoms with Crippen LogP contribution in [0.25, 0.3) is 0 Å². The molecule has 0 aromatic carbocycles. The van der Waals surface area contributed by atoms with Crippen molar-refractivity contribution < 1.29 is 4.79 Å². The van der Waals surface area contributed by atoms with Gasteiger partial charge in [0.25, 0.3) is 0 Å². The summed E-state index contributed by atoms with van der Waals surface area (Å²) in [5, 5.41) is 3.45. The number of rotatable bonds is 3. The zero-order chi connectivity index (χ0) is 12.1. The molecule has 2 saturated heterocycles. The molecule has 0 spiro atoms. The average Bonchev–Trinajstić information content (AvgIpc) is 2.52. The van der Waals surface area contributed by atoms with Crippen LogP contribution >= 0.6 is 0 Å². The van der Waals surface area contributed by atoms with Crippen molar-refractivity contribution in [2.45, 2.75) is 45.4 Å². The first-order valence-corrected chi connectivity index (χ1v) is 7.24. The Morgan fingerprint density at radius 2 is 2.24 bits per heavy atom. The molecule has 2 atom stereocenters. The van der Waals surface area contributed by atoms with Crippen LogP contribution in [0.3, 0.4) is 0 Å². The van der Waals surface area contributed by atoms with Crippen molar-refractivity contribution >= 4 is 5.91 Å². The number of carbonyl (C=O) groups excluding carboxylic acids is 1. The van der Waals surface area contributed by atoms with E-state index in [9.17, 15) is 4.79 Å². The van der Waals surface area contributed by atoms with E-state index in [1.165, 1.54) is 32.2 Å². The van der Waals surface area contributed by atoms with Gasteiger partial charge in [-0.3, -0.25) is 4.79 Å². The molecular weight excluding hydrogens is 212 g/mol. The second-order valence-electron chi connectivity index (χ2n) is 5.81. The van der Waals surface area contributed by atoms with Gasteiger partial charge in [0, 0.05) is 19.5 Å². The third-order valence-corrected chi connectivity index (χ3v) is 4.30. The molecule has 0 saturated carbocycles. The lowest BCUT2D eigenvalue weighted by Gasteiger charge is -2.26. The highest BCUT2D eigenvalue weighted by atomic mass is 16.2. The summed E-state index contributed by atoms with van der Waals surface area (Å²) in [5.41, 5.74) is 0. The number of amides is 1. The fourth-order valence-corrected chi connectivity index (χ4v) is 2.92. The lowest BCUT2D eigenvalue weighted by Crippen LogP contribution is -2.35. The Bertz CT molecular complexity index is 249. The molecule has 3 heteroatoms. The number of piperidine rings is 1. The van der Waals surface area contributed by atoms with E-state index in [0.29, 0.717) is 5.91 Å². The van der Waals surface area contributed by atoms with Gasteiger partial charge >= 0.3 is 0 Å². The molecule has 2 rings (SSSR count). The zero-order valence-electron chi connectivity index (χ0n) is 11.1. The number of hydrogen-bond acceptors (Lipinski definition) is 2. The van der Waals surface area contributed by atoms with Crippen LogP contribution in [0.5, 0.6) is 0 Å². The summed E-state index contributed by atoms with van der Waals surface area (Å²) in [6.45, 7) is 6.56. The first-order chi connectivity index (χ1) is 8.25. The Labute approximate surface area is 105 Å². The van der Waals surface area contributed by atoms with Crippen molar-refractivity contribution in [2.75, 3.05) is 26.2 Å². The van der Waals surface area contributed by atoms with E-state index in [2.05, 4.69) is 17.1 Å². The topological polar surface area (TPSA) is 32.3 Å². The van der Waals surface area contributed by atoms with Crippen molar-refractivity contribution in [1.29, 1.82) is 0 Å². The number of nitrogens with one attached hydrogen (secondary N) is 1. The lowest BCUT2D eigenvalue weighted by molar-refractivity contribution is -0.130. The second kappa shape index (κ2) is 6.39. The Morgan fingerprint density at radius 1 is 1.35 bits per heavy atom. The van der Waals surface area contributed by atoms with Gasteiger partial charge in [0.1, 0.15) is 0 Å². The van der Waals surface area contributed by atoms with Crippen molar-refractivity contribution in [3.8, 4) is 0 Å². The molecule has 0 aromatic rings. The minimum absolute atomic E-state index is 0.387. The fourth-order valence-electron chi connectivity index (χ4n) is 2.92. The van der Waals surface area contributed by atoms with Crippen LogP contribution in [-0.4, -0.2) is 37.0 Å². The number of hydrogen-bond donors (Lipinski definition) is 1. The second-order valence-corrected chi connectivity index (χ2v) is 5.81. The molecular formula is C14H26N2O. The van der Waals surface area contributed by atoms with Crippen molar-refractivity contribution in [3.63, 3.8) is 0 Å². The molecule has 0 aromatic heterocycles. The van der Waals surface area contributed by atoms with Gasteiger partial charge < -0.3 is 10.2 Å². The van der Waals surface area contributed by atoms with Gasteiger partial charge in [-0.15, -0.1) is 0 Å². The highest BCUT2D eigenvalue weighted by Crippen LogP contribution is 2.20. The van der Waals surface area contributed by atoms with Gasteiger partial charge in [0.2, 0.25) is 5.91 Å². The molecule has 2 unspecified atom stereocenters. The van der Waals surface area contributed by atoms with E-state index in [0.717, 1.165) is 44.3 Å². The monoisotopic (exact) mass is 238 g/mol. The van der Waals surface area contributed by atoms with Crippen molar-refractivity contribution in [1.82, 2.24) is 10.2 Å². The predicted octanol–water partition coefficient (Wildman–Crippen LogP) is 2.02. The van der Waals surface area contributed by atoms with E-state index < -0.39 is 0 Å². The number of likely N-dealkylation sites (tertiary alicyclic amines) is 1. The van der Waals surface area contributed by atoms with Gasteiger partial charge in [-0.05, 0) is 57.0 Å². The summed E-state index contributed by atoms with van der Waals surface area (Å²) >= 11 is 0. The zero-order valence-corrected chi connectivity index (χ0v) is 11.1. The van der Waals surface area contributed by atoms with Crippen LogP contribution in [0.15, 0.2) is 0 Å². The molecule has 0 radical (unpaired) electrons. The third kappa shape index (κ3) is 3.98. The Morgan fingerprint density at radius 3 is 3.00 bits per heavy atom. The van der Waals surface area contributed by atoms with Crippen molar-refractivity contribution in [2.24, 2.45) is 11.8 Å². The molecule has 2 aliphatic rings. The van der Waals surface area contributed by atoms with E-state index in [-0.39, 0.29) is 0 Å². The molecule has 17 heavy (non-hydrogen) atoms. The summed E-state index contributed by atoms with van der Waals surface area (Å²) in [4.78, 5) is 14.1. The third-order valence-electron chi connectivity index (χ3n) is 4.30. The minimum Gasteiger partial charge on any atom is -0.343 e. The maximum atomic E-state index is 11.9. The standard InChI is InChI=1S/C14H26N2O/c1-12-4-5-14(17)16(9-6-12)10-7-13-3-2-8-15-11-13/h12-13,15H,2-11H2,1H3. The molecule has 98 valence electrons. The maximum Gasteiger partial charge on any atom is 0.222 e. The van der Waals surface area contributed by atoms with Gasteiger partial charge in [-0.25, -0.2) is 0 Å². The van der Waals surface area contributed by atoms with E-state index >= 15 is 0 Å². The largest absolute Gasteiger partial charge is 0.343 e. The summed E-state index contributed by atoms with van der Waals surface area (Å²) in [5.74, 6) is 1.90. The average molecular weight is 238 g/mol. The molecule has 3 nitrogen and oxygen atoms in total. The molecule has 0 bridgehead atoms. The summed E-state index contributed by atoms with van der Waals surface area (Å²) in [6, 6.07) is 0. The SMILES string of the molecule is CC1CCC(=O)N(CCC2CCCNC2)CC1. The van der Waals surface area contributed by atoms with Gasteiger partial charge in [0.05, 0.1) is 0 Å². The molecule has 2 aliphatic heterocycles. The quantitative estimate of drug-likeness (QED) is 0.816. The highest BCUT2D eigenvalue weighted by molar-refractivity contribution is 5.76. The number of carbonyl (C=O) groups is 1. The maximum absolute atomic E-state index is 11.9. The molecule has 0 aliphatic carbocycles. The molecule has 2 heterocycles. The Balaban J connectivity index is 1.74. The smallest absolute Gasteiger partial charge is 0.222 e. The first kappa shape index (κ1) is 12.9. The molecule has 2 fully saturated rings. The number of nitrogens with zero attached hydrogens (tertiary/aromatic N) is 1.